The van der Waals surface area contributed by atoms with Crippen molar-refractivity contribution in [3.8, 4) is 0 Å². The molecule has 1 saturated carbocycles. The van der Waals surface area contributed by atoms with Crippen LogP contribution in [0.5, 0.6) is 0 Å². The number of esters is 1. The van der Waals surface area contributed by atoms with Gasteiger partial charge >= 0.3 is 5.97 Å². The maximum absolute atomic E-state index is 13.2. The minimum atomic E-state index is -0.599. The summed E-state index contributed by atoms with van der Waals surface area (Å²) in [5.74, 6) is -1.45. The molecule has 7 nitrogen and oxygen atoms in total. The van der Waals surface area contributed by atoms with E-state index in [1.807, 2.05) is 30.3 Å². The summed E-state index contributed by atoms with van der Waals surface area (Å²) in [4.78, 5) is 37.8. The zero-order valence-corrected chi connectivity index (χ0v) is 20.0. The highest BCUT2D eigenvalue weighted by atomic mass is 16.5. The van der Waals surface area contributed by atoms with Crippen LogP contribution in [0.25, 0.3) is 0 Å². The number of ether oxygens (including phenoxy) is 1. The summed E-state index contributed by atoms with van der Waals surface area (Å²) in [5, 5.41) is 15.6. The zero-order chi connectivity index (χ0) is 24.8. The molecule has 0 unspecified atom stereocenters. The average Bonchev–Trinajstić information content (AvgIpc) is 3.29. The Kier molecular flexibility index (Phi) is 11.5. The van der Waals surface area contributed by atoms with Crippen molar-refractivity contribution in [3.63, 3.8) is 0 Å². The number of rotatable bonds is 15. The average molecular weight is 471 g/mol. The molecule has 3 N–H and O–H groups in total. The molecule has 2 amide bonds. The first-order chi connectivity index (χ1) is 16.4. The molecule has 2 atom stereocenters. The van der Waals surface area contributed by atoms with Crippen LogP contribution in [0.1, 0.15) is 56.9 Å². The molecule has 186 valence electrons. The van der Waals surface area contributed by atoms with Crippen molar-refractivity contribution in [2.45, 2.75) is 69.4 Å². The number of benzene rings is 1. The van der Waals surface area contributed by atoms with Gasteiger partial charge in [0.15, 0.2) is 0 Å². The van der Waals surface area contributed by atoms with Gasteiger partial charge in [-0.15, -0.1) is 13.2 Å². The van der Waals surface area contributed by atoms with Crippen molar-refractivity contribution in [1.29, 1.82) is 0 Å². The molecule has 1 aromatic carbocycles. The van der Waals surface area contributed by atoms with Gasteiger partial charge < -0.3 is 20.5 Å². The van der Waals surface area contributed by atoms with E-state index in [9.17, 15) is 19.5 Å². The summed E-state index contributed by atoms with van der Waals surface area (Å²) >= 11 is 0. The number of amides is 2. The first-order valence-corrected chi connectivity index (χ1v) is 12.0. The lowest BCUT2D eigenvalue weighted by molar-refractivity contribution is -0.147. The Morgan fingerprint density at radius 2 is 1.82 bits per heavy atom. The van der Waals surface area contributed by atoms with Gasteiger partial charge in [-0.3, -0.25) is 14.4 Å². The Bertz CT molecular complexity index is 818. The predicted molar refractivity (Wildman–Crippen MR) is 132 cm³/mol. The highest BCUT2D eigenvalue weighted by molar-refractivity contribution is 5.86. The van der Waals surface area contributed by atoms with Crippen LogP contribution in [0.3, 0.4) is 0 Å². The fourth-order valence-corrected chi connectivity index (χ4v) is 4.29. The van der Waals surface area contributed by atoms with Crippen LogP contribution in [0.4, 0.5) is 0 Å². The number of carbonyl (C=O) groups is 3. The number of aliphatic hydroxyl groups excluding tert-OH is 1. The van der Waals surface area contributed by atoms with Crippen LogP contribution in [-0.2, 0) is 25.5 Å². The van der Waals surface area contributed by atoms with Crippen molar-refractivity contribution in [2.24, 2.45) is 5.92 Å². The van der Waals surface area contributed by atoms with E-state index < -0.39 is 17.5 Å². The van der Waals surface area contributed by atoms with Crippen molar-refractivity contribution in [3.05, 3.63) is 61.2 Å². The highest BCUT2D eigenvalue weighted by Crippen LogP contribution is 2.31. The van der Waals surface area contributed by atoms with Crippen molar-refractivity contribution >= 4 is 17.8 Å². The first kappa shape index (κ1) is 27.3. The second-order valence-corrected chi connectivity index (χ2v) is 9.03. The largest absolute Gasteiger partial charge is 0.463 e. The number of allylic oxidation sites excluding steroid dienone is 2. The molecular weight excluding hydrogens is 432 g/mol. The van der Waals surface area contributed by atoms with Crippen LogP contribution in [0, 0.1) is 5.92 Å². The predicted octanol–water partition coefficient (Wildman–Crippen LogP) is 3.23. The fraction of sp³-hybridized carbons (Fsp3) is 0.519. The van der Waals surface area contributed by atoms with E-state index in [4.69, 9.17) is 4.74 Å². The molecule has 0 aliphatic heterocycles. The third kappa shape index (κ3) is 9.14. The van der Waals surface area contributed by atoms with Gasteiger partial charge in [0.25, 0.3) is 0 Å². The quantitative estimate of drug-likeness (QED) is 0.270. The van der Waals surface area contributed by atoms with E-state index in [1.54, 1.807) is 12.2 Å². The van der Waals surface area contributed by atoms with Crippen LogP contribution in [-0.4, -0.2) is 47.7 Å². The smallest absolute Gasteiger partial charge is 0.306 e. The second kappa shape index (κ2) is 14.4. The molecule has 1 aliphatic rings. The van der Waals surface area contributed by atoms with Crippen LogP contribution in [0.15, 0.2) is 55.6 Å². The second-order valence-electron chi connectivity index (χ2n) is 9.03. The van der Waals surface area contributed by atoms with Gasteiger partial charge in [0.1, 0.15) is 6.61 Å². The molecule has 0 radical (unpaired) electrons. The summed E-state index contributed by atoms with van der Waals surface area (Å²) in [6.45, 7) is 7.27. The fourth-order valence-electron chi connectivity index (χ4n) is 4.29. The summed E-state index contributed by atoms with van der Waals surface area (Å²) in [6, 6.07) is 9.17. The number of hydrogen-bond donors (Lipinski definition) is 3. The summed E-state index contributed by atoms with van der Waals surface area (Å²) in [7, 11) is 0. The molecule has 1 aliphatic carbocycles. The van der Waals surface area contributed by atoms with Crippen LogP contribution < -0.4 is 10.6 Å². The highest BCUT2D eigenvalue weighted by Gasteiger charge is 2.38. The molecule has 0 spiro atoms. The lowest BCUT2D eigenvalue weighted by Gasteiger charge is -2.31. The molecule has 0 aromatic heterocycles. The molecule has 7 heteroatoms. The van der Waals surface area contributed by atoms with Crippen molar-refractivity contribution in [1.82, 2.24) is 10.6 Å². The van der Waals surface area contributed by atoms with Gasteiger partial charge in [-0.05, 0) is 37.7 Å². The minimum Gasteiger partial charge on any atom is -0.463 e. The van der Waals surface area contributed by atoms with Crippen LogP contribution >= 0.6 is 0 Å². The summed E-state index contributed by atoms with van der Waals surface area (Å²) in [6.07, 6.45) is 8.27. The maximum atomic E-state index is 13.2. The van der Waals surface area contributed by atoms with Gasteiger partial charge in [-0.1, -0.05) is 55.3 Å². The van der Waals surface area contributed by atoms with E-state index in [-0.39, 0.29) is 43.8 Å². The van der Waals surface area contributed by atoms with Crippen molar-refractivity contribution in [2.75, 3.05) is 13.2 Å². The molecule has 2 rings (SSSR count). The Hall–Kier alpha value is -2.93. The van der Waals surface area contributed by atoms with E-state index in [0.717, 1.165) is 31.2 Å². The molecule has 0 heterocycles. The van der Waals surface area contributed by atoms with Gasteiger partial charge in [0.05, 0.1) is 24.1 Å². The van der Waals surface area contributed by atoms with E-state index >= 15 is 0 Å². The normalized spacial score (nSPS) is 16.1. The summed E-state index contributed by atoms with van der Waals surface area (Å²) < 4.78 is 5.45. The Morgan fingerprint density at radius 1 is 1.12 bits per heavy atom. The molecule has 1 aromatic rings. The number of hydrogen-bond acceptors (Lipinski definition) is 5. The van der Waals surface area contributed by atoms with E-state index in [2.05, 4.69) is 23.8 Å². The monoisotopic (exact) mass is 470 g/mol. The Morgan fingerprint density at radius 3 is 2.44 bits per heavy atom. The lowest BCUT2D eigenvalue weighted by Crippen LogP contribution is -2.52. The third-order valence-corrected chi connectivity index (χ3v) is 6.18. The van der Waals surface area contributed by atoms with E-state index in [0.29, 0.717) is 19.3 Å². The molecule has 0 bridgehead atoms. The SMILES string of the molecule is C=CCCC(=O)OCC1(NC(=O)[C@H](CC=C)CC(=O)N[C@H](CO)Cc2ccccc2)CCCC1. The van der Waals surface area contributed by atoms with Gasteiger partial charge in [-0.25, -0.2) is 0 Å². The lowest BCUT2D eigenvalue weighted by atomic mass is 9.94. The van der Waals surface area contributed by atoms with Gasteiger partial charge in [0, 0.05) is 12.8 Å². The first-order valence-electron chi connectivity index (χ1n) is 12.0. The third-order valence-electron chi connectivity index (χ3n) is 6.18. The van der Waals surface area contributed by atoms with Gasteiger partial charge in [0.2, 0.25) is 11.8 Å². The number of carbonyl (C=O) groups excluding carboxylic acids is 3. The van der Waals surface area contributed by atoms with Crippen molar-refractivity contribution < 1.29 is 24.2 Å². The Labute approximate surface area is 202 Å². The zero-order valence-electron chi connectivity index (χ0n) is 20.0. The Balaban J connectivity index is 1.95. The number of aliphatic hydroxyl groups is 1. The topological polar surface area (TPSA) is 105 Å². The van der Waals surface area contributed by atoms with E-state index in [1.165, 1.54) is 0 Å². The number of nitrogens with one attached hydrogen (secondary N) is 2. The summed E-state index contributed by atoms with van der Waals surface area (Å²) in [5.41, 5.74) is 0.408. The molecule has 1 fully saturated rings. The molecular formula is C27H38N2O5. The molecule has 34 heavy (non-hydrogen) atoms. The maximum Gasteiger partial charge on any atom is 0.306 e. The van der Waals surface area contributed by atoms with Crippen LogP contribution in [0.2, 0.25) is 0 Å². The minimum absolute atomic E-state index is 0.0155. The molecule has 0 saturated heterocycles. The standard InChI is InChI=1S/C27H38N2O5/c1-3-5-14-25(32)34-20-27(15-9-10-16-27)29-26(33)22(11-4-2)18-24(31)28-23(19-30)17-21-12-7-6-8-13-21/h3-4,6-8,12-13,22-23,30H,1-2,5,9-11,14-20H2,(H,28,31)(H,29,33)/t22-,23+/m1/s1. The van der Waals surface area contributed by atoms with Gasteiger partial charge in [-0.2, -0.15) is 0 Å².